The molecule has 0 aromatic heterocycles. The predicted octanol–water partition coefficient (Wildman–Crippen LogP) is 8.02. The Morgan fingerprint density at radius 2 is 1.57 bits per heavy atom. The van der Waals surface area contributed by atoms with Gasteiger partial charge in [0, 0.05) is 0 Å². The number of rotatable bonds is 5. The van der Waals surface area contributed by atoms with Gasteiger partial charge in [0.15, 0.2) is 0 Å². The van der Waals surface area contributed by atoms with E-state index in [9.17, 15) is 5.11 Å². The van der Waals surface area contributed by atoms with Gasteiger partial charge in [0.25, 0.3) is 0 Å². The van der Waals surface area contributed by atoms with E-state index in [4.69, 9.17) is 0 Å². The third-order valence-electron chi connectivity index (χ3n) is 11.2. The summed E-state index contributed by atoms with van der Waals surface area (Å²) in [4.78, 5) is 0. The van der Waals surface area contributed by atoms with E-state index in [1.165, 1.54) is 57.8 Å². The van der Waals surface area contributed by atoms with Crippen LogP contribution in [0.5, 0.6) is 0 Å². The monoisotopic (exact) mass is 414 g/mol. The zero-order chi connectivity index (χ0) is 21.9. The fourth-order valence-corrected chi connectivity index (χ4v) is 9.33. The molecule has 1 N–H and O–H groups in total. The van der Waals surface area contributed by atoms with Gasteiger partial charge in [0.2, 0.25) is 0 Å². The summed E-state index contributed by atoms with van der Waals surface area (Å²) in [6.45, 7) is 17.3. The molecule has 3 saturated carbocycles. The van der Waals surface area contributed by atoms with Crippen molar-refractivity contribution in [3.05, 3.63) is 11.6 Å². The summed E-state index contributed by atoms with van der Waals surface area (Å²) in [5.74, 6) is 4.90. The van der Waals surface area contributed by atoms with Crippen LogP contribution in [-0.4, -0.2) is 11.2 Å². The Labute approximate surface area is 187 Å². The average molecular weight is 415 g/mol. The standard InChI is InChI=1S/C29H50O/c1-19(2)9-8-10-20(3)22-12-13-23-21-11-14-25-27(4,5)26(30)16-18-29(25,7)24(21)15-17-28(22,23)6/h11,19-20,22-26,30H,8-10,12-18H2,1-7H3/t20-,22-,23+,24+,25+,26?,28-,29-/m1/s1. The Hall–Kier alpha value is -0.300. The van der Waals surface area contributed by atoms with Crippen LogP contribution in [0.25, 0.3) is 0 Å². The molecule has 1 heteroatoms. The zero-order valence-corrected chi connectivity index (χ0v) is 21.1. The molecule has 0 aromatic carbocycles. The average Bonchev–Trinajstić information content (AvgIpc) is 3.02. The second kappa shape index (κ2) is 7.93. The molecule has 4 rings (SSSR count). The highest BCUT2D eigenvalue weighted by Crippen LogP contribution is 2.68. The van der Waals surface area contributed by atoms with Crippen LogP contribution in [-0.2, 0) is 0 Å². The van der Waals surface area contributed by atoms with Gasteiger partial charge in [-0.05, 0) is 96.7 Å². The molecule has 3 fully saturated rings. The highest BCUT2D eigenvalue weighted by atomic mass is 16.3. The van der Waals surface area contributed by atoms with E-state index in [1.54, 1.807) is 0 Å². The molecule has 8 atom stereocenters. The molecule has 0 heterocycles. The van der Waals surface area contributed by atoms with Crippen molar-refractivity contribution >= 4 is 0 Å². The van der Waals surface area contributed by atoms with Crippen LogP contribution in [0, 0.1) is 51.8 Å². The van der Waals surface area contributed by atoms with Crippen LogP contribution in [0.4, 0.5) is 0 Å². The third kappa shape index (κ3) is 3.45. The minimum atomic E-state index is -0.123. The predicted molar refractivity (Wildman–Crippen MR) is 128 cm³/mol. The maximum Gasteiger partial charge on any atom is 0.0594 e. The van der Waals surface area contributed by atoms with Gasteiger partial charge in [-0.25, -0.2) is 0 Å². The summed E-state index contributed by atoms with van der Waals surface area (Å²) in [5, 5.41) is 10.8. The van der Waals surface area contributed by atoms with Gasteiger partial charge in [-0.15, -0.1) is 0 Å². The number of aliphatic hydroxyl groups excluding tert-OH is 1. The Kier molecular flexibility index (Phi) is 6.05. The summed E-state index contributed by atoms with van der Waals surface area (Å²) in [6.07, 6.45) is 16.0. The van der Waals surface area contributed by atoms with Gasteiger partial charge in [-0.2, -0.15) is 0 Å². The van der Waals surface area contributed by atoms with E-state index in [2.05, 4.69) is 54.5 Å². The highest BCUT2D eigenvalue weighted by Gasteiger charge is 2.61. The lowest BCUT2D eigenvalue weighted by molar-refractivity contribution is -0.125. The molecule has 0 saturated heterocycles. The summed E-state index contributed by atoms with van der Waals surface area (Å²) in [6, 6.07) is 0. The molecule has 0 spiro atoms. The maximum atomic E-state index is 10.8. The van der Waals surface area contributed by atoms with Gasteiger partial charge in [0.1, 0.15) is 0 Å². The van der Waals surface area contributed by atoms with Crippen molar-refractivity contribution in [3.63, 3.8) is 0 Å². The molecule has 1 nitrogen and oxygen atoms in total. The topological polar surface area (TPSA) is 20.2 Å². The first kappa shape index (κ1) is 22.9. The number of fused-ring (bicyclic) bond motifs is 5. The number of hydrogen-bond donors (Lipinski definition) is 1. The molecular weight excluding hydrogens is 364 g/mol. The zero-order valence-electron chi connectivity index (χ0n) is 21.1. The lowest BCUT2D eigenvalue weighted by atomic mass is 9.43. The molecule has 0 amide bonds. The van der Waals surface area contributed by atoms with Crippen molar-refractivity contribution in [1.29, 1.82) is 0 Å². The highest BCUT2D eigenvalue weighted by molar-refractivity contribution is 5.28. The minimum Gasteiger partial charge on any atom is -0.393 e. The summed E-state index contributed by atoms with van der Waals surface area (Å²) >= 11 is 0. The normalized spacial score (nSPS) is 46.0. The van der Waals surface area contributed by atoms with E-state index in [0.29, 0.717) is 16.7 Å². The van der Waals surface area contributed by atoms with E-state index in [0.717, 1.165) is 36.0 Å². The summed E-state index contributed by atoms with van der Waals surface area (Å²) in [5.41, 5.74) is 2.85. The Morgan fingerprint density at radius 3 is 2.27 bits per heavy atom. The van der Waals surface area contributed by atoms with Crippen LogP contribution in [0.15, 0.2) is 11.6 Å². The third-order valence-corrected chi connectivity index (χ3v) is 11.2. The molecule has 1 unspecified atom stereocenters. The van der Waals surface area contributed by atoms with Crippen LogP contribution in [0.1, 0.15) is 113 Å². The van der Waals surface area contributed by atoms with Gasteiger partial charge < -0.3 is 5.11 Å². The first-order valence-electron chi connectivity index (χ1n) is 13.4. The Morgan fingerprint density at radius 1 is 0.900 bits per heavy atom. The SMILES string of the molecule is CC(C)CCC[C@@H](C)[C@H]1CC[C@H]2C3=CC[C@H]4C(C)(C)C(O)CC[C@]4(C)[C@H]3CC[C@]12C. The van der Waals surface area contributed by atoms with Gasteiger partial charge in [0.05, 0.1) is 6.10 Å². The van der Waals surface area contributed by atoms with Gasteiger partial charge in [-0.3, -0.25) is 0 Å². The van der Waals surface area contributed by atoms with Crippen LogP contribution >= 0.6 is 0 Å². The molecule has 0 aromatic rings. The number of aliphatic hydroxyl groups is 1. The quantitative estimate of drug-likeness (QED) is 0.451. The lowest BCUT2D eigenvalue weighted by Gasteiger charge is -2.62. The molecule has 4 aliphatic carbocycles. The fraction of sp³-hybridized carbons (Fsp3) is 0.931. The molecule has 4 aliphatic rings. The Bertz CT molecular complexity index is 659. The van der Waals surface area contributed by atoms with Crippen molar-refractivity contribution in [2.45, 2.75) is 119 Å². The fourth-order valence-electron chi connectivity index (χ4n) is 9.33. The van der Waals surface area contributed by atoms with Crippen molar-refractivity contribution in [2.75, 3.05) is 0 Å². The second-order valence-corrected chi connectivity index (χ2v) is 13.5. The summed E-state index contributed by atoms with van der Waals surface area (Å²) in [7, 11) is 0. The number of allylic oxidation sites excluding steroid dienone is 2. The van der Waals surface area contributed by atoms with Crippen molar-refractivity contribution in [3.8, 4) is 0 Å². The van der Waals surface area contributed by atoms with E-state index in [-0.39, 0.29) is 11.5 Å². The van der Waals surface area contributed by atoms with Crippen molar-refractivity contribution < 1.29 is 5.11 Å². The molecule has 172 valence electrons. The molecular formula is C29H50O. The largest absolute Gasteiger partial charge is 0.393 e. The van der Waals surface area contributed by atoms with Crippen LogP contribution in [0.3, 0.4) is 0 Å². The van der Waals surface area contributed by atoms with Crippen molar-refractivity contribution in [2.24, 2.45) is 51.8 Å². The van der Waals surface area contributed by atoms with E-state index >= 15 is 0 Å². The first-order chi connectivity index (χ1) is 14.0. The second-order valence-electron chi connectivity index (χ2n) is 13.5. The number of hydrogen-bond acceptors (Lipinski definition) is 1. The van der Waals surface area contributed by atoms with Crippen molar-refractivity contribution in [1.82, 2.24) is 0 Å². The van der Waals surface area contributed by atoms with Crippen LogP contribution < -0.4 is 0 Å². The first-order valence-corrected chi connectivity index (χ1v) is 13.4. The Balaban J connectivity index is 1.54. The molecule has 0 aliphatic heterocycles. The summed E-state index contributed by atoms with van der Waals surface area (Å²) < 4.78 is 0. The molecule has 0 radical (unpaired) electrons. The van der Waals surface area contributed by atoms with Gasteiger partial charge >= 0.3 is 0 Å². The van der Waals surface area contributed by atoms with E-state index < -0.39 is 0 Å². The minimum absolute atomic E-state index is 0.0545. The smallest absolute Gasteiger partial charge is 0.0594 e. The van der Waals surface area contributed by atoms with Gasteiger partial charge in [-0.1, -0.05) is 79.4 Å². The lowest BCUT2D eigenvalue weighted by Crippen LogP contribution is -2.56. The molecule has 0 bridgehead atoms. The maximum absolute atomic E-state index is 10.8. The van der Waals surface area contributed by atoms with Crippen LogP contribution in [0.2, 0.25) is 0 Å². The van der Waals surface area contributed by atoms with E-state index in [1.807, 2.05) is 5.57 Å². The molecule has 30 heavy (non-hydrogen) atoms.